The molecule has 184 valence electrons. The number of carboxylic acid groups (broad SMARTS) is 1. The van der Waals surface area contributed by atoms with Gasteiger partial charge in [-0.05, 0) is 48.4 Å². The number of ether oxygens (including phenoxy) is 1. The molecule has 0 aromatic heterocycles. The van der Waals surface area contributed by atoms with Gasteiger partial charge in [-0.2, -0.15) is 0 Å². The molecule has 2 aromatic carbocycles. The maximum absolute atomic E-state index is 13.0. The fourth-order valence-electron chi connectivity index (χ4n) is 4.82. The zero-order valence-corrected chi connectivity index (χ0v) is 20.1. The Morgan fingerprint density at radius 1 is 1.06 bits per heavy atom. The molecule has 0 bridgehead atoms. The second kappa shape index (κ2) is 10.3. The number of benzene rings is 2. The topological polar surface area (TPSA) is 105 Å². The van der Waals surface area contributed by atoms with E-state index in [9.17, 15) is 19.5 Å². The molecule has 2 aliphatic rings. The van der Waals surface area contributed by atoms with E-state index in [1.165, 1.54) is 0 Å². The first kappa shape index (κ1) is 24.5. The summed E-state index contributed by atoms with van der Waals surface area (Å²) in [6.07, 6.45) is 4.40. The van der Waals surface area contributed by atoms with Gasteiger partial charge in [0.1, 0.15) is 6.61 Å². The maximum atomic E-state index is 13.0. The van der Waals surface area contributed by atoms with Crippen molar-refractivity contribution >= 4 is 18.0 Å². The number of allylic oxidation sites excluding steroid dienone is 1. The van der Waals surface area contributed by atoms with Gasteiger partial charge in [0.25, 0.3) is 0 Å². The lowest BCUT2D eigenvalue weighted by molar-refractivity contribution is -0.142. The maximum Gasteiger partial charge on any atom is 0.407 e. The number of fused-ring (bicyclic) bond motifs is 3. The second-order valence-electron chi connectivity index (χ2n) is 9.61. The van der Waals surface area contributed by atoms with Gasteiger partial charge >= 0.3 is 12.1 Å². The molecule has 7 nitrogen and oxygen atoms in total. The highest BCUT2D eigenvalue weighted by Crippen LogP contribution is 2.44. The number of nitrogens with one attached hydrogen (secondary N) is 2. The van der Waals surface area contributed by atoms with Gasteiger partial charge in [-0.1, -0.05) is 67.6 Å². The Morgan fingerprint density at radius 2 is 1.69 bits per heavy atom. The number of carbonyl (C=O) groups is 3. The van der Waals surface area contributed by atoms with Crippen LogP contribution in [0.1, 0.15) is 50.2 Å². The van der Waals surface area contributed by atoms with Crippen LogP contribution in [-0.2, 0) is 14.3 Å². The Morgan fingerprint density at radius 3 is 2.29 bits per heavy atom. The number of amides is 2. The lowest BCUT2D eigenvalue weighted by atomic mass is 9.85. The van der Waals surface area contributed by atoms with E-state index in [-0.39, 0.29) is 31.0 Å². The largest absolute Gasteiger partial charge is 0.481 e. The van der Waals surface area contributed by atoms with Crippen molar-refractivity contribution < 1.29 is 24.2 Å². The third kappa shape index (κ3) is 5.24. The molecular formula is C28H32N2O5. The van der Waals surface area contributed by atoms with Crippen molar-refractivity contribution in [3.63, 3.8) is 0 Å². The van der Waals surface area contributed by atoms with Crippen LogP contribution < -0.4 is 10.6 Å². The van der Waals surface area contributed by atoms with Crippen LogP contribution in [0.15, 0.2) is 60.7 Å². The molecule has 2 aliphatic carbocycles. The molecule has 0 heterocycles. The minimum Gasteiger partial charge on any atom is -0.481 e. The first-order chi connectivity index (χ1) is 16.8. The van der Waals surface area contributed by atoms with E-state index >= 15 is 0 Å². The van der Waals surface area contributed by atoms with Crippen molar-refractivity contribution in [2.24, 2.45) is 11.3 Å². The molecule has 2 aromatic rings. The molecule has 3 atom stereocenters. The molecular weight excluding hydrogens is 444 g/mol. The van der Waals surface area contributed by atoms with Gasteiger partial charge in [-0.25, -0.2) is 4.79 Å². The summed E-state index contributed by atoms with van der Waals surface area (Å²) in [6.45, 7) is 3.99. The van der Waals surface area contributed by atoms with Gasteiger partial charge in [0.15, 0.2) is 0 Å². The van der Waals surface area contributed by atoms with E-state index in [1.54, 1.807) is 13.0 Å². The Hall–Kier alpha value is -3.61. The quantitative estimate of drug-likeness (QED) is 0.488. The molecule has 1 unspecified atom stereocenters. The fourth-order valence-corrected chi connectivity index (χ4v) is 4.82. The van der Waals surface area contributed by atoms with Crippen molar-refractivity contribution in [2.75, 3.05) is 13.2 Å². The lowest BCUT2D eigenvalue weighted by Gasteiger charge is -2.31. The second-order valence-corrected chi connectivity index (χ2v) is 9.61. The van der Waals surface area contributed by atoms with Gasteiger partial charge in [0.05, 0.1) is 11.3 Å². The normalized spacial score (nSPS) is 20.3. The SMILES string of the molecule is CCC(C)(CNC(=O)OCC1c2ccccc2-c2ccccc21)C(=O)N[C@H]1C=CC[C@H](C(=O)O)C1. The molecule has 2 amide bonds. The molecule has 0 radical (unpaired) electrons. The standard InChI is InChI=1S/C28H32N2O5/c1-3-28(2,26(33)30-19-10-8-9-18(15-19)25(31)32)17-29-27(34)35-16-24-22-13-6-4-11-20(22)21-12-5-7-14-23(21)24/h4-8,10-14,18-19,24H,3,9,15-17H2,1-2H3,(H,29,34)(H,30,33)(H,31,32)/t18-,19-,28?/m0/s1. The third-order valence-electron chi connectivity index (χ3n) is 7.29. The van der Waals surface area contributed by atoms with E-state index in [4.69, 9.17) is 4.74 Å². The molecule has 0 aliphatic heterocycles. The lowest BCUT2D eigenvalue weighted by Crippen LogP contribution is -2.50. The molecule has 4 rings (SSSR count). The number of carboxylic acids is 1. The van der Waals surface area contributed by atoms with Gasteiger partial charge in [-0.15, -0.1) is 0 Å². The van der Waals surface area contributed by atoms with Crippen molar-refractivity contribution in [1.29, 1.82) is 0 Å². The van der Waals surface area contributed by atoms with E-state index in [0.717, 1.165) is 22.3 Å². The predicted molar refractivity (Wildman–Crippen MR) is 133 cm³/mol. The molecule has 0 saturated carbocycles. The van der Waals surface area contributed by atoms with Crippen LogP contribution in [0.3, 0.4) is 0 Å². The van der Waals surface area contributed by atoms with Gasteiger partial charge in [-0.3, -0.25) is 9.59 Å². The van der Waals surface area contributed by atoms with E-state index in [1.807, 2.05) is 37.3 Å². The zero-order chi connectivity index (χ0) is 25.0. The average Bonchev–Trinajstić information content (AvgIpc) is 3.19. The predicted octanol–water partition coefficient (Wildman–Crippen LogP) is 4.48. The number of rotatable bonds is 8. The van der Waals surface area contributed by atoms with Crippen molar-refractivity contribution in [2.45, 2.75) is 45.1 Å². The number of aliphatic carboxylic acids is 1. The highest BCUT2D eigenvalue weighted by Gasteiger charge is 2.35. The highest BCUT2D eigenvalue weighted by molar-refractivity contribution is 5.84. The molecule has 3 N–H and O–H groups in total. The smallest absolute Gasteiger partial charge is 0.407 e. The van der Waals surface area contributed by atoms with Crippen LogP contribution in [0.5, 0.6) is 0 Å². The summed E-state index contributed by atoms with van der Waals surface area (Å²) in [7, 11) is 0. The molecule has 7 heteroatoms. The molecule has 0 fully saturated rings. The fraction of sp³-hybridized carbons (Fsp3) is 0.393. The van der Waals surface area contributed by atoms with E-state index < -0.39 is 23.4 Å². The summed E-state index contributed by atoms with van der Waals surface area (Å²) in [5.74, 6) is -1.62. The van der Waals surface area contributed by atoms with Crippen LogP contribution in [0, 0.1) is 11.3 Å². The van der Waals surface area contributed by atoms with Crippen LogP contribution in [0.25, 0.3) is 11.1 Å². The monoisotopic (exact) mass is 476 g/mol. The zero-order valence-electron chi connectivity index (χ0n) is 20.1. The third-order valence-corrected chi connectivity index (χ3v) is 7.29. The van der Waals surface area contributed by atoms with Crippen molar-refractivity contribution in [3.05, 3.63) is 71.8 Å². The van der Waals surface area contributed by atoms with Crippen LogP contribution >= 0.6 is 0 Å². The number of hydrogen-bond acceptors (Lipinski definition) is 4. The summed E-state index contributed by atoms with van der Waals surface area (Å²) in [4.78, 5) is 36.9. The number of carbonyl (C=O) groups excluding carboxylic acids is 2. The van der Waals surface area contributed by atoms with Crippen LogP contribution in [0.2, 0.25) is 0 Å². The molecule has 0 spiro atoms. The van der Waals surface area contributed by atoms with E-state index in [0.29, 0.717) is 19.3 Å². The number of alkyl carbamates (subject to hydrolysis) is 1. The Labute approximate surface area is 205 Å². The Kier molecular flexibility index (Phi) is 7.24. The number of hydrogen-bond donors (Lipinski definition) is 3. The van der Waals surface area contributed by atoms with Gasteiger partial charge in [0, 0.05) is 18.5 Å². The minimum absolute atomic E-state index is 0.0331. The van der Waals surface area contributed by atoms with E-state index in [2.05, 4.69) is 34.9 Å². The van der Waals surface area contributed by atoms with Crippen LogP contribution in [0.4, 0.5) is 4.79 Å². The molecule has 0 saturated heterocycles. The van der Waals surface area contributed by atoms with Crippen molar-refractivity contribution in [1.82, 2.24) is 10.6 Å². The van der Waals surface area contributed by atoms with Gasteiger partial charge < -0.3 is 20.5 Å². The molecule has 35 heavy (non-hydrogen) atoms. The average molecular weight is 477 g/mol. The first-order valence-electron chi connectivity index (χ1n) is 12.1. The Bertz CT molecular complexity index is 1100. The summed E-state index contributed by atoms with van der Waals surface area (Å²) in [5.41, 5.74) is 3.75. The summed E-state index contributed by atoms with van der Waals surface area (Å²) in [5, 5.41) is 15.0. The van der Waals surface area contributed by atoms with Gasteiger partial charge in [0.2, 0.25) is 5.91 Å². The Balaban J connectivity index is 1.33. The highest BCUT2D eigenvalue weighted by atomic mass is 16.5. The van der Waals surface area contributed by atoms with Crippen LogP contribution in [-0.4, -0.2) is 42.3 Å². The van der Waals surface area contributed by atoms with Crippen molar-refractivity contribution in [3.8, 4) is 11.1 Å². The summed E-state index contributed by atoms with van der Waals surface area (Å²) >= 11 is 0. The summed E-state index contributed by atoms with van der Waals surface area (Å²) in [6, 6.07) is 16.0. The minimum atomic E-state index is -0.858. The first-order valence-corrected chi connectivity index (χ1v) is 12.1. The summed E-state index contributed by atoms with van der Waals surface area (Å²) < 4.78 is 5.59.